The maximum Gasteiger partial charge on any atom is 0.242 e. The molecule has 0 atom stereocenters. The number of halogens is 2. The highest BCUT2D eigenvalue weighted by Crippen LogP contribution is 2.28. The van der Waals surface area contributed by atoms with Crippen LogP contribution in [-0.4, -0.2) is 32.3 Å². The quantitative estimate of drug-likeness (QED) is 0.787. The Morgan fingerprint density at radius 3 is 2.43 bits per heavy atom. The Morgan fingerprint density at radius 2 is 1.90 bits per heavy atom. The van der Waals surface area contributed by atoms with E-state index in [0.717, 1.165) is 0 Å². The number of nitrogens with one attached hydrogen (secondary N) is 1. The van der Waals surface area contributed by atoms with Crippen LogP contribution in [0.1, 0.15) is 26.3 Å². The number of hydrogen-bond donors (Lipinski definition) is 2. The van der Waals surface area contributed by atoms with E-state index < -0.39 is 15.6 Å². The molecule has 0 saturated carbocycles. The first-order chi connectivity index (χ1) is 9.63. The second-order valence-corrected chi connectivity index (χ2v) is 7.60. The summed E-state index contributed by atoms with van der Waals surface area (Å²) in [7, 11) is -3.82. The van der Waals surface area contributed by atoms with Crippen LogP contribution in [0.2, 0.25) is 10.0 Å². The molecular formula is C13H19Cl2NO4S. The van der Waals surface area contributed by atoms with Crippen molar-refractivity contribution >= 4 is 33.2 Å². The summed E-state index contributed by atoms with van der Waals surface area (Å²) in [6.45, 7) is 5.59. The van der Waals surface area contributed by atoms with E-state index in [-0.39, 0.29) is 28.1 Å². The predicted octanol–water partition coefficient (Wildman–Crippen LogP) is 2.58. The molecule has 2 N–H and O–H groups in total. The van der Waals surface area contributed by atoms with Gasteiger partial charge in [0.15, 0.2) is 0 Å². The summed E-state index contributed by atoms with van der Waals surface area (Å²) in [5, 5.41) is 9.38. The summed E-state index contributed by atoms with van der Waals surface area (Å²) >= 11 is 11.8. The molecule has 0 fully saturated rings. The van der Waals surface area contributed by atoms with Crippen molar-refractivity contribution in [1.82, 2.24) is 4.72 Å². The third-order valence-corrected chi connectivity index (χ3v) is 5.00. The molecule has 0 spiro atoms. The lowest BCUT2D eigenvalue weighted by Gasteiger charge is -2.25. The second-order valence-electron chi connectivity index (χ2n) is 5.05. The van der Waals surface area contributed by atoms with Crippen molar-refractivity contribution in [2.75, 3.05) is 13.2 Å². The standard InChI is InChI=1S/C13H19Cl2NO4S/c1-4-20-13(2,3)8-16-21(18,19)12-5-9(7-17)10(14)6-11(12)15/h5-6,16-17H,4,7-8H2,1-3H3. The van der Waals surface area contributed by atoms with Crippen LogP contribution in [0, 0.1) is 0 Å². The Kier molecular flexibility index (Phi) is 6.46. The van der Waals surface area contributed by atoms with E-state index in [9.17, 15) is 8.42 Å². The molecule has 1 aromatic carbocycles. The van der Waals surface area contributed by atoms with Crippen molar-refractivity contribution in [3.05, 3.63) is 27.7 Å². The van der Waals surface area contributed by atoms with Crippen LogP contribution in [0.4, 0.5) is 0 Å². The highest BCUT2D eigenvalue weighted by molar-refractivity contribution is 7.89. The number of aliphatic hydroxyl groups is 1. The highest BCUT2D eigenvalue weighted by atomic mass is 35.5. The first-order valence-electron chi connectivity index (χ1n) is 6.35. The van der Waals surface area contributed by atoms with Gasteiger partial charge in [0.05, 0.1) is 17.2 Å². The smallest absolute Gasteiger partial charge is 0.242 e. The number of sulfonamides is 1. The summed E-state index contributed by atoms with van der Waals surface area (Å²) in [4.78, 5) is -0.120. The van der Waals surface area contributed by atoms with Crippen molar-refractivity contribution in [1.29, 1.82) is 0 Å². The fourth-order valence-electron chi connectivity index (χ4n) is 1.69. The molecule has 0 heterocycles. The van der Waals surface area contributed by atoms with Gasteiger partial charge in [0.25, 0.3) is 0 Å². The zero-order valence-electron chi connectivity index (χ0n) is 12.1. The normalized spacial score (nSPS) is 12.7. The maximum absolute atomic E-state index is 12.3. The first-order valence-corrected chi connectivity index (χ1v) is 8.59. The number of benzene rings is 1. The van der Waals surface area contributed by atoms with E-state index in [1.807, 2.05) is 6.92 Å². The molecule has 1 rings (SSSR count). The zero-order chi connectivity index (χ0) is 16.3. The lowest BCUT2D eigenvalue weighted by molar-refractivity contribution is -0.00515. The molecular weight excluding hydrogens is 337 g/mol. The van der Waals surface area contributed by atoms with Gasteiger partial charge in [-0.05, 0) is 38.5 Å². The Balaban J connectivity index is 3.03. The van der Waals surface area contributed by atoms with Gasteiger partial charge < -0.3 is 9.84 Å². The van der Waals surface area contributed by atoms with Crippen LogP contribution >= 0.6 is 23.2 Å². The molecule has 0 aliphatic carbocycles. The van der Waals surface area contributed by atoms with Crippen LogP contribution in [0.5, 0.6) is 0 Å². The molecule has 0 aliphatic heterocycles. The highest BCUT2D eigenvalue weighted by Gasteiger charge is 2.25. The summed E-state index contributed by atoms with van der Waals surface area (Å²) in [5.74, 6) is 0. The van der Waals surface area contributed by atoms with Gasteiger partial charge in [-0.3, -0.25) is 0 Å². The van der Waals surface area contributed by atoms with Crippen LogP contribution < -0.4 is 4.72 Å². The van der Waals surface area contributed by atoms with Crippen molar-refractivity contribution in [2.45, 2.75) is 37.9 Å². The lowest BCUT2D eigenvalue weighted by atomic mass is 10.1. The Morgan fingerprint density at radius 1 is 1.29 bits per heavy atom. The van der Waals surface area contributed by atoms with Crippen LogP contribution in [-0.2, 0) is 21.4 Å². The number of hydrogen-bond acceptors (Lipinski definition) is 4. The molecule has 0 unspecified atom stereocenters. The predicted molar refractivity (Wildman–Crippen MR) is 83.3 cm³/mol. The van der Waals surface area contributed by atoms with Gasteiger partial charge in [-0.15, -0.1) is 0 Å². The average molecular weight is 356 g/mol. The minimum Gasteiger partial charge on any atom is -0.392 e. The molecule has 0 bridgehead atoms. The molecule has 8 heteroatoms. The third kappa shape index (κ3) is 5.09. The molecule has 120 valence electrons. The van der Waals surface area contributed by atoms with E-state index in [0.29, 0.717) is 12.2 Å². The Bertz CT molecular complexity index is 602. The van der Waals surface area contributed by atoms with Crippen molar-refractivity contribution in [2.24, 2.45) is 0 Å². The topological polar surface area (TPSA) is 75.6 Å². The van der Waals surface area contributed by atoms with E-state index in [1.54, 1.807) is 13.8 Å². The SMILES string of the molecule is CCOC(C)(C)CNS(=O)(=O)c1cc(CO)c(Cl)cc1Cl. The van der Waals surface area contributed by atoms with Crippen LogP contribution in [0.15, 0.2) is 17.0 Å². The van der Waals surface area contributed by atoms with E-state index in [4.69, 9.17) is 33.0 Å². The molecule has 0 saturated heterocycles. The molecule has 0 amide bonds. The first kappa shape index (κ1) is 18.7. The third-order valence-electron chi connectivity index (χ3n) is 2.78. The molecule has 0 aliphatic rings. The van der Waals surface area contributed by atoms with Crippen LogP contribution in [0.25, 0.3) is 0 Å². The summed E-state index contributed by atoms with van der Waals surface area (Å²) in [6.07, 6.45) is 0. The van der Waals surface area contributed by atoms with Gasteiger partial charge in [0, 0.05) is 18.2 Å². The van der Waals surface area contributed by atoms with Crippen molar-refractivity contribution < 1.29 is 18.3 Å². The van der Waals surface area contributed by atoms with E-state index >= 15 is 0 Å². The number of rotatable bonds is 7. The molecule has 0 aromatic heterocycles. The van der Waals surface area contributed by atoms with E-state index in [1.165, 1.54) is 12.1 Å². The average Bonchev–Trinajstić information content (AvgIpc) is 2.36. The molecule has 21 heavy (non-hydrogen) atoms. The number of aliphatic hydroxyl groups excluding tert-OH is 1. The van der Waals surface area contributed by atoms with Gasteiger partial charge in [0.2, 0.25) is 10.0 Å². The summed E-state index contributed by atoms with van der Waals surface area (Å²) in [6, 6.07) is 2.57. The minimum absolute atomic E-state index is 0.00100. The van der Waals surface area contributed by atoms with Gasteiger partial charge in [-0.2, -0.15) is 0 Å². The fourth-order valence-corrected chi connectivity index (χ4v) is 3.74. The van der Waals surface area contributed by atoms with Gasteiger partial charge >= 0.3 is 0 Å². The molecule has 0 radical (unpaired) electrons. The summed E-state index contributed by atoms with van der Waals surface area (Å²) < 4.78 is 32.5. The van der Waals surface area contributed by atoms with Gasteiger partial charge in [0.1, 0.15) is 4.90 Å². The second kappa shape index (κ2) is 7.26. The van der Waals surface area contributed by atoms with Gasteiger partial charge in [-0.25, -0.2) is 13.1 Å². The largest absolute Gasteiger partial charge is 0.392 e. The van der Waals surface area contributed by atoms with Crippen molar-refractivity contribution in [3.63, 3.8) is 0 Å². The van der Waals surface area contributed by atoms with Gasteiger partial charge in [-0.1, -0.05) is 23.2 Å². The maximum atomic E-state index is 12.3. The Hall–Kier alpha value is -0.370. The zero-order valence-corrected chi connectivity index (χ0v) is 14.4. The lowest BCUT2D eigenvalue weighted by Crippen LogP contribution is -2.40. The minimum atomic E-state index is -3.82. The van der Waals surface area contributed by atoms with Crippen molar-refractivity contribution in [3.8, 4) is 0 Å². The molecule has 1 aromatic rings. The molecule has 5 nitrogen and oxygen atoms in total. The summed E-state index contributed by atoms with van der Waals surface area (Å²) in [5.41, 5.74) is -0.342. The van der Waals surface area contributed by atoms with Crippen LogP contribution in [0.3, 0.4) is 0 Å². The number of ether oxygens (including phenoxy) is 1. The Labute approximate surface area is 135 Å². The fraction of sp³-hybridized carbons (Fsp3) is 0.538. The monoisotopic (exact) mass is 355 g/mol. The van der Waals surface area contributed by atoms with E-state index in [2.05, 4.69) is 4.72 Å².